The molecule has 0 spiro atoms. The van der Waals surface area contributed by atoms with Crippen molar-refractivity contribution in [2.75, 3.05) is 5.32 Å². The summed E-state index contributed by atoms with van der Waals surface area (Å²) in [6.45, 7) is 0. The Bertz CT molecular complexity index is 1110. The maximum absolute atomic E-state index is 11.7. The van der Waals surface area contributed by atoms with Crippen LogP contribution in [-0.4, -0.2) is 25.3 Å². The number of aromatic amines is 1. The summed E-state index contributed by atoms with van der Waals surface area (Å²) in [7, 11) is -3.77. The number of urea groups is 1. The molecule has 0 bridgehead atoms. The molecule has 0 aliphatic carbocycles. The molecule has 0 unspecified atom stereocenters. The van der Waals surface area contributed by atoms with Gasteiger partial charge >= 0.3 is 6.03 Å². The van der Waals surface area contributed by atoms with E-state index in [2.05, 4.69) is 10.3 Å². The largest absolute Gasteiger partial charge is 0.365 e. The van der Waals surface area contributed by atoms with Gasteiger partial charge in [-0.05, 0) is 23.8 Å². The predicted molar refractivity (Wildman–Crippen MR) is 94.7 cm³/mol. The molecule has 11 heteroatoms. The minimum atomic E-state index is -3.77. The highest BCUT2D eigenvalue weighted by atomic mass is 32.2. The number of benzene rings is 1. The van der Waals surface area contributed by atoms with Crippen LogP contribution in [0.4, 0.5) is 10.6 Å². The smallest absolute Gasteiger partial charge is 0.317 e. The van der Waals surface area contributed by atoms with Gasteiger partial charge in [-0.1, -0.05) is 12.1 Å². The maximum atomic E-state index is 11.7. The van der Waals surface area contributed by atoms with Crippen LogP contribution >= 0.6 is 11.3 Å². The fourth-order valence-corrected chi connectivity index (χ4v) is 4.18. The summed E-state index contributed by atoms with van der Waals surface area (Å²) >= 11 is 1.02. The van der Waals surface area contributed by atoms with Gasteiger partial charge in [0.15, 0.2) is 0 Å². The lowest BCUT2D eigenvalue weighted by Crippen LogP contribution is -2.22. The monoisotopic (exact) mass is 379 g/mol. The van der Waals surface area contributed by atoms with E-state index in [9.17, 15) is 18.0 Å². The molecule has 3 rings (SSSR count). The van der Waals surface area contributed by atoms with Crippen molar-refractivity contribution in [3.8, 4) is 10.4 Å². The Morgan fingerprint density at radius 2 is 1.84 bits per heavy atom. The Morgan fingerprint density at radius 3 is 2.40 bits per heavy atom. The molecule has 3 amide bonds. The Labute approximate surface area is 145 Å². The van der Waals surface area contributed by atoms with Gasteiger partial charge in [-0.3, -0.25) is 10.1 Å². The van der Waals surface area contributed by atoms with Crippen LogP contribution < -0.4 is 21.9 Å². The van der Waals surface area contributed by atoms with E-state index in [-0.39, 0.29) is 15.6 Å². The third-order valence-corrected chi connectivity index (χ3v) is 6.01. The first-order valence-electron chi connectivity index (χ1n) is 6.82. The van der Waals surface area contributed by atoms with E-state index in [1.54, 1.807) is 24.3 Å². The molecule has 0 fully saturated rings. The van der Waals surface area contributed by atoms with Crippen molar-refractivity contribution in [2.24, 2.45) is 16.6 Å². The number of rotatable bonds is 4. The van der Waals surface area contributed by atoms with Crippen molar-refractivity contribution in [1.82, 2.24) is 4.98 Å². The molecule has 3 aromatic rings. The highest BCUT2D eigenvalue weighted by Crippen LogP contribution is 2.34. The number of primary sulfonamides is 1. The van der Waals surface area contributed by atoms with Crippen LogP contribution in [0.2, 0.25) is 0 Å². The molecule has 130 valence electrons. The molecule has 25 heavy (non-hydrogen) atoms. The first kappa shape index (κ1) is 17.0. The first-order valence-corrected chi connectivity index (χ1v) is 9.18. The Morgan fingerprint density at radius 1 is 1.12 bits per heavy atom. The lowest BCUT2D eigenvalue weighted by molar-refractivity contribution is 0.100. The van der Waals surface area contributed by atoms with Gasteiger partial charge in [-0.2, -0.15) is 0 Å². The highest BCUT2D eigenvalue weighted by Gasteiger charge is 2.18. The fourth-order valence-electron chi connectivity index (χ4n) is 2.45. The second-order valence-electron chi connectivity index (χ2n) is 5.15. The number of carbonyl (C=O) groups is 2. The molecule has 2 aromatic heterocycles. The number of nitrogens with one attached hydrogen (secondary N) is 2. The van der Waals surface area contributed by atoms with Crippen LogP contribution in [0.3, 0.4) is 0 Å². The Hall–Kier alpha value is -2.89. The van der Waals surface area contributed by atoms with Gasteiger partial charge in [0, 0.05) is 15.8 Å². The molecular formula is C14H13N5O4S2. The van der Waals surface area contributed by atoms with Crippen LogP contribution in [0.1, 0.15) is 10.4 Å². The first-order chi connectivity index (χ1) is 11.7. The highest BCUT2D eigenvalue weighted by molar-refractivity contribution is 7.91. The third kappa shape index (κ3) is 3.20. The summed E-state index contributed by atoms with van der Waals surface area (Å²) in [4.78, 5) is 26.3. The number of nitrogens with two attached hydrogens (primary N) is 3. The summed E-state index contributed by atoms with van der Waals surface area (Å²) in [5.74, 6) is -0.626. The second-order valence-corrected chi connectivity index (χ2v) is 8.02. The summed E-state index contributed by atoms with van der Waals surface area (Å²) in [5.41, 5.74) is 11.8. The van der Waals surface area contributed by atoms with Gasteiger partial charge < -0.3 is 16.5 Å². The van der Waals surface area contributed by atoms with E-state index >= 15 is 0 Å². The zero-order valence-corrected chi connectivity index (χ0v) is 14.2. The Kier molecular flexibility index (Phi) is 3.99. The number of hydrogen-bond acceptors (Lipinski definition) is 5. The van der Waals surface area contributed by atoms with Crippen molar-refractivity contribution in [3.05, 3.63) is 35.9 Å². The standard InChI is InChI=1S/C14H13N5O4S2/c15-12(20)11-7-2-1-6(5-8(7)18-13(11)19-14(16)21)9-3-4-10(24-9)25(17,22)23/h1-5,18H,(H2,15,20)(H3,16,19,21)(H2,17,22,23). The summed E-state index contributed by atoms with van der Waals surface area (Å²) in [5, 5.41) is 7.93. The molecule has 0 aliphatic rings. The number of anilines is 1. The lowest BCUT2D eigenvalue weighted by Gasteiger charge is -2.00. The van der Waals surface area contributed by atoms with Crippen LogP contribution in [0.25, 0.3) is 21.3 Å². The summed E-state index contributed by atoms with van der Waals surface area (Å²) in [6.07, 6.45) is 0. The predicted octanol–water partition coefficient (Wildman–Crippen LogP) is 1.13. The van der Waals surface area contributed by atoms with E-state index in [0.29, 0.717) is 21.3 Å². The zero-order chi connectivity index (χ0) is 18.4. The molecule has 8 N–H and O–H groups in total. The van der Waals surface area contributed by atoms with Crippen LogP contribution in [0.5, 0.6) is 0 Å². The maximum Gasteiger partial charge on any atom is 0.317 e. The molecule has 0 saturated carbocycles. The number of fused-ring (bicyclic) bond motifs is 1. The summed E-state index contributed by atoms with van der Waals surface area (Å²) < 4.78 is 22.8. The van der Waals surface area contributed by atoms with E-state index < -0.39 is 22.0 Å². The number of thiophene rings is 1. The number of sulfonamides is 1. The minimum Gasteiger partial charge on any atom is -0.365 e. The average molecular weight is 379 g/mol. The second kappa shape index (κ2) is 5.88. The fraction of sp³-hybridized carbons (Fsp3) is 0. The SMILES string of the molecule is NC(=O)Nc1[nH]c2cc(-c3ccc(S(N)(=O)=O)s3)ccc2c1C(N)=O. The molecule has 1 aromatic carbocycles. The quantitative estimate of drug-likeness (QED) is 0.457. The van der Waals surface area contributed by atoms with Crippen molar-refractivity contribution in [3.63, 3.8) is 0 Å². The van der Waals surface area contributed by atoms with Gasteiger partial charge in [0.25, 0.3) is 5.91 Å². The van der Waals surface area contributed by atoms with E-state index in [1.807, 2.05) is 0 Å². The molecule has 0 saturated heterocycles. The van der Waals surface area contributed by atoms with E-state index in [4.69, 9.17) is 16.6 Å². The number of primary amides is 2. The number of amides is 3. The molecule has 0 radical (unpaired) electrons. The lowest BCUT2D eigenvalue weighted by atomic mass is 10.1. The van der Waals surface area contributed by atoms with Crippen molar-refractivity contribution < 1.29 is 18.0 Å². The third-order valence-electron chi connectivity index (χ3n) is 3.44. The number of aromatic nitrogens is 1. The molecule has 9 nitrogen and oxygen atoms in total. The van der Waals surface area contributed by atoms with Crippen LogP contribution in [-0.2, 0) is 10.0 Å². The van der Waals surface area contributed by atoms with Gasteiger partial charge in [-0.25, -0.2) is 18.4 Å². The zero-order valence-electron chi connectivity index (χ0n) is 12.6. The van der Waals surface area contributed by atoms with Crippen molar-refractivity contribution >= 4 is 50.0 Å². The Balaban J connectivity index is 2.13. The van der Waals surface area contributed by atoms with Crippen LogP contribution in [0, 0.1) is 0 Å². The van der Waals surface area contributed by atoms with Gasteiger partial charge in [0.2, 0.25) is 10.0 Å². The van der Waals surface area contributed by atoms with Gasteiger partial charge in [-0.15, -0.1) is 11.3 Å². The number of hydrogen-bond donors (Lipinski definition) is 5. The van der Waals surface area contributed by atoms with E-state index in [0.717, 1.165) is 11.3 Å². The number of carbonyl (C=O) groups excluding carboxylic acids is 2. The normalized spacial score (nSPS) is 11.6. The average Bonchev–Trinajstić information content (AvgIpc) is 3.09. The molecule has 0 atom stereocenters. The molecule has 0 aliphatic heterocycles. The molecule has 2 heterocycles. The van der Waals surface area contributed by atoms with Crippen LogP contribution in [0.15, 0.2) is 34.5 Å². The van der Waals surface area contributed by atoms with Gasteiger partial charge in [0.1, 0.15) is 10.0 Å². The van der Waals surface area contributed by atoms with Gasteiger partial charge in [0.05, 0.1) is 5.56 Å². The van der Waals surface area contributed by atoms with E-state index in [1.165, 1.54) is 6.07 Å². The van der Waals surface area contributed by atoms with Crippen molar-refractivity contribution in [1.29, 1.82) is 0 Å². The minimum absolute atomic E-state index is 0.0444. The number of H-pyrrole nitrogens is 1. The van der Waals surface area contributed by atoms with Crippen molar-refractivity contribution in [2.45, 2.75) is 4.21 Å². The topological polar surface area (TPSA) is 174 Å². The summed E-state index contributed by atoms with van der Waals surface area (Å²) in [6, 6.07) is 7.26. The molecular weight excluding hydrogens is 366 g/mol.